The lowest BCUT2D eigenvalue weighted by Gasteiger charge is -2.34. The molecule has 0 bridgehead atoms. The van der Waals surface area contributed by atoms with Crippen LogP contribution in [0.4, 0.5) is 4.39 Å². The highest BCUT2D eigenvalue weighted by atomic mass is 19.1. The van der Waals surface area contributed by atoms with Crippen molar-refractivity contribution >= 4 is 5.91 Å². The van der Waals surface area contributed by atoms with Crippen molar-refractivity contribution in [3.05, 3.63) is 36.2 Å². The van der Waals surface area contributed by atoms with Gasteiger partial charge >= 0.3 is 0 Å². The Kier molecular flexibility index (Phi) is 6.00. The molecule has 1 fully saturated rings. The van der Waals surface area contributed by atoms with Crippen molar-refractivity contribution in [2.24, 2.45) is 11.8 Å². The first kappa shape index (κ1) is 15.7. The molecule has 1 N–H and O–H groups in total. The first-order valence-corrected chi connectivity index (χ1v) is 6.93. The largest absolute Gasteiger partial charge is 0.349 e. The average Bonchev–Trinajstić information content (AvgIpc) is 2.34. The van der Waals surface area contributed by atoms with E-state index in [2.05, 4.69) is 25.7 Å². The standard InChI is InChI=1S/C16H24FNO/c1-5-7-14(10-12(3)17)16(19)18-15-9-6-8-11(2)13(15)4/h5,7,10-11,13,15H,1,6,8-9H2,2-4H3,(H,18,19)/b12-10+,14-7+/t11-,13-,15+/m0/s1. The molecule has 0 radical (unpaired) electrons. The SMILES string of the molecule is C=C/C=C(\C=C(/C)F)C(=O)N[C@@H]1CCC[C@H](C)[C@@H]1C. The molecule has 1 aliphatic carbocycles. The van der Waals surface area contributed by atoms with Gasteiger partial charge < -0.3 is 5.32 Å². The molecule has 0 aromatic carbocycles. The molecule has 3 heteroatoms. The third-order valence-electron chi connectivity index (χ3n) is 3.94. The predicted molar refractivity (Wildman–Crippen MR) is 77.3 cm³/mol. The summed E-state index contributed by atoms with van der Waals surface area (Å²) in [6.07, 6.45) is 7.63. The summed E-state index contributed by atoms with van der Waals surface area (Å²) >= 11 is 0. The maximum absolute atomic E-state index is 13.0. The van der Waals surface area contributed by atoms with Crippen LogP contribution in [0.15, 0.2) is 36.2 Å². The fourth-order valence-electron chi connectivity index (χ4n) is 2.57. The molecule has 0 aromatic heterocycles. The van der Waals surface area contributed by atoms with E-state index >= 15 is 0 Å². The fourth-order valence-corrected chi connectivity index (χ4v) is 2.57. The molecule has 0 spiro atoms. The van der Waals surface area contributed by atoms with Crippen molar-refractivity contribution in [3.63, 3.8) is 0 Å². The zero-order valence-electron chi connectivity index (χ0n) is 12.1. The minimum atomic E-state index is -0.381. The molecule has 1 saturated carbocycles. The molecule has 1 amide bonds. The van der Waals surface area contributed by atoms with Gasteiger partial charge in [-0.15, -0.1) is 0 Å². The van der Waals surface area contributed by atoms with E-state index in [0.29, 0.717) is 17.4 Å². The van der Waals surface area contributed by atoms with Crippen LogP contribution in [0.25, 0.3) is 0 Å². The monoisotopic (exact) mass is 265 g/mol. The Morgan fingerprint density at radius 3 is 2.63 bits per heavy atom. The molecule has 3 atom stereocenters. The maximum Gasteiger partial charge on any atom is 0.251 e. The first-order valence-electron chi connectivity index (χ1n) is 6.93. The third kappa shape index (κ3) is 4.66. The van der Waals surface area contributed by atoms with Gasteiger partial charge in [0.15, 0.2) is 0 Å². The zero-order valence-corrected chi connectivity index (χ0v) is 12.1. The summed E-state index contributed by atoms with van der Waals surface area (Å²) in [7, 11) is 0. The van der Waals surface area contributed by atoms with Crippen molar-refractivity contribution in [3.8, 4) is 0 Å². The summed E-state index contributed by atoms with van der Waals surface area (Å²) in [5.41, 5.74) is 0.320. The normalized spacial score (nSPS) is 28.9. The number of hydrogen-bond donors (Lipinski definition) is 1. The van der Waals surface area contributed by atoms with Gasteiger partial charge in [0.2, 0.25) is 0 Å². The van der Waals surface area contributed by atoms with Crippen molar-refractivity contribution in [2.75, 3.05) is 0 Å². The number of amides is 1. The van der Waals surface area contributed by atoms with Crippen molar-refractivity contribution in [2.45, 2.75) is 46.1 Å². The molecule has 0 aliphatic heterocycles. The molecular weight excluding hydrogens is 241 g/mol. The predicted octanol–water partition coefficient (Wildman–Crippen LogP) is 3.91. The molecule has 2 nitrogen and oxygen atoms in total. The Balaban J connectivity index is 2.74. The van der Waals surface area contributed by atoms with Gasteiger partial charge in [0.1, 0.15) is 0 Å². The smallest absolute Gasteiger partial charge is 0.251 e. The quantitative estimate of drug-likeness (QED) is 0.606. The Bertz CT molecular complexity index is 394. The summed E-state index contributed by atoms with van der Waals surface area (Å²) in [6, 6.07) is 0.179. The van der Waals surface area contributed by atoms with Gasteiger partial charge in [0.25, 0.3) is 5.91 Å². The summed E-state index contributed by atoms with van der Waals surface area (Å²) in [5.74, 6) is 0.471. The van der Waals surface area contributed by atoms with Crippen LogP contribution in [0.1, 0.15) is 40.0 Å². The molecule has 106 valence electrons. The topological polar surface area (TPSA) is 29.1 Å². The van der Waals surface area contributed by atoms with Gasteiger partial charge in [0, 0.05) is 11.6 Å². The Hall–Kier alpha value is -1.38. The van der Waals surface area contributed by atoms with Gasteiger partial charge in [-0.3, -0.25) is 4.79 Å². The summed E-state index contributed by atoms with van der Waals surface area (Å²) in [5, 5.41) is 3.02. The van der Waals surface area contributed by atoms with E-state index in [0.717, 1.165) is 12.8 Å². The number of rotatable bonds is 4. The van der Waals surface area contributed by atoms with Crippen LogP contribution in [-0.4, -0.2) is 11.9 Å². The molecule has 0 unspecified atom stereocenters. The van der Waals surface area contributed by atoms with Crippen LogP contribution in [0.2, 0.25) is 0 Å². The van der Waals surface area contributed by atoms with Gasteiger partial charge in [-0.05, 0) is 37.3 Å². The zero-order chi connectivity index (χ0) is 14.4. The van der Waals surface area contributed by atoms with Crippen LogP contribution >= 0.6 is 0 Å². The molecule has 0 heterocycles. The molecule has 19 heavy (non-hydrogen) atoms. The van der Waals surface area contributed by atoms with Crippen LogP contribution < -0.4 is 5.32 Å². The van der Waals surface area contributed by atoms with E-state index in [1.54, 1.807) is 0 Å². The second-order valence-electron chi connectivity index (χ2n) is 5.44. The maximum atomic E-state index is 13.0. The fraction of sp³-hybridized carbons (Fsp3) is 0.562. The Morgan fingerprint density at radius 1 is 1.37 bits per heavy atom. The van der Waals surface area contributed by atoms with Gasteiger partial charge in [-0.1, -0.05) is 39.3 Å². The number of carbonyl (C=O) groups excluding carboxylic acids is 1. The van der Waals surface area contributed by atoms with Crippen LogP contribution in [0.3, 0.4) is 0 Å². The third-order valence-corrected chi connectivity index (χ3v) is 3.94. The van der Waals surface area contributed by atoms with E-state index in [1.165, 1.54) is 31.6 Å². The summed E-state index contributed by atoms with van der Waals surface area (Å²) in [4.78, 5) is 12.2. The number of carbonyl (C=O) groups is 1. The lowest BCUT2D eigenvalue weighted by atomic mass is 9.78. The van der Waals surface area contributed by atoms with Crippen molar-refractivity contribution in [1.82, 2.24) is 5.32 Å². The summed E-state index contributed by atoms with van der Waals surface area (Å²) < 4.78 is 13.0. The van der Waals surface area contributed by atoms with Crippen molar-refractivity contribution < 1.29 is 9.18 Å². The lowest BCUT2D eigenvalue weighted by molar-refractivity contribution is -0.118. The number of hydrogen-bond acceptors (Lipinski definition) is 1. The number of nitrogens with one attached hydrogen (secondary N) is 1. The number of allylic oxidation sites excluding steroid dienone is 3. The van der Waals surface area contributed by atoms with E-state index in [4.69, 9.17) is 0 Å². The molecule has 0 aromatic rings. The highest BCUT2D eigenvalue weighted by Crippen LogP contribution is 2.29. The van der Waals surface area contributed by atoms with E-state index in [1.807, 2.05) is 0 Å². The summed E-state index contributed by atoms with van der Waals surface area (Å²) in [6.45, 7) is 9.27. The number of halogens is 1. The van der Waals surface area contributed by atoms with Gasteiger partial charge in [0.05, 0.1) is 5.83 Å². The highest BCUT2D eigenvalue weighted by Gasteiger charge is 2.28. The van der Waals surface area contributed by atoms with Gasteiger partial charge in [-0.25, -0.2) is 4.39 Å². The van der Waals surface area contributed by atoms with Crippen molar-refractivity contribution in [1.29, 1.82) is 0 Å². The second-order valence-corrected chi connectivity index (χ2v) is 5.44. The molecule has 0 saturated heterocycles. The molecule has 1 aliphatic rings. The van der Waals surface area contributed by atoms with Gasteiger partial charge in [-0.2, -0.15) is 0 Å². The minimum absolute atomic E-state index is 0.179. The van der Waals surface area contributed by atoms with E-state index in [9.17, 15) is 9.18 Å². The van der Waals surface area contributed by atoms with E-state index < -0.39 is 0 Å². The van der Waals surface area contributed by atoms with Crippen LogP contribution in [0, 0.1) is 11.8 Å². The highest BCUT2D eigenvalue weighted by molar-refractivity contribution is 5.96. The van der Waals surface area contributed by atoms with Crippen LogP contribution in [0.5, 0.6) is 0 Å². The van der Waals surface area contributed by atoms with E-state index in [-0.39, 0.29) is 17.8 Å². The second kappa shape index (κ2) is 7.27. The first-order chi connectivity index (χ1) is 8.95. The lowest BCUT2D eigenvalue weighted by Crippen LogP contribution is -2.44. The molecular formula is C16H24FNO. The Morgan fingerprint density at radius 2 is 2.05 bits per heavy atom. The Labute approximate surface area is 115 Å². The average molecular weight is 265 g/mol. The molecule has 1 rings (SSSR count). The van der Waals surface area contributed by atoms with Crippen LogP contribution in [-0.2, 0) is 4.79 Å². The minimum Gasteiger partial charge on any atom is -0.349 e.